The molecule has 5 heteroatoms. The molecule has 2 amide bonds. The number of hydrogen-bond donors (Lipinski definition) is 1. The lowest BCUT2D eigenvalue weighted by Gasteiger charge is -2.18. The first-order valence-electron chi connectivity index (χ1n) is 9.00. The van der Waals surface area contributed by atoms with Crippen molar-refractivity contribution in [1.29, 1.82) is 0 Å². The van der Waals surface area contributed by atoms with Crippen LogP contribution in [0.2, 0.25) is 0 Å². The van der Waals surface area contributed by atoms with Crippen LogP contribution in [0.4, 0.5) is 11.4 Å². The number of nitrogens with zero attached hydrogens (tertiary/aromatic N) is 1. The van der Waals surface area contributed by atoms with E-state index in [1.165, 1.54) is 0 Å². The van der Waals surface area contributed by atoms with Crippen LogP contribution >= 0.6 is 0 Å². The third-order valence-electron chi connectivity index (χ3n) is 4.54. The topological polar surface area (TPSA) is 58.6 Å². The second-order valence-electron chi connectivity index (χ2n) is 6.46. The molecule has 3 rings (SSSR count). The third-order valence-corrected chi connectivity index (χ3v) is 4.54. The van der Waals surface area contributed by atoms with Crippen molar-refractivity contribution in [3.05, 3.63) is 54.1 Å². The van der Waals surface area contributed by atoms with Crippen LogP contribution in [0.3, 0.4) is 0 Å². The van der Waals surface area contributed by atoms with E-state index >= 15 is 0 Å². The van der Waals surface area contributed by atoms with Crippen LogP contribution in [-0.4, -0.2) is 25.5 Å². The van der Waals surface area contributed by atoms with Gasteiger partial charge in [0.1, 0.15) is 5.75 Å². The van der Waals surface area contributed by atoms with Gasteiger partial charge in [0.05, 0.1) is 6.61 Å². The molecule has 0 radical (unpaired) electrons. The zero-order chi connectivity index (χ0) is 18.4. The van der Waals surface area contributed by atoms with Gasteiger partial charge < -0.3 is 15.0 Å². The van der Waals surface area contributed by atoms with E-state index in [2.05, 4.69) is 5.32 Å². The number of benzene rings is 2. The van der Waals surface area contributed by atoms with E-state index in [1.54, 1.807) is 11.9 Å². The van der Waals surface area contributed by atoms with Crippen molar-refractivity contribution in [3.8, 4) is 5.75 Å². The zero-order valence-corrected chi connectivity index (χ0v) is 15.0. The van der Waals surface area contributed by atoms with Crippen LogP contribution in [0, 0.1) is 0 Å². The fourth-order valence-electron chi connectivity index (χ4n) is 2.98. The first kappa shape index (κ1) is 18.0. The van der Waals surface area contributed by atoms with Crippen molar-refractivity contribution in [3.63, 3.8) is 0 Å². The molecule has 0 aromatic heterocycles. The summed E-state index contributed by atoms with van der Waals surface area (Å²) in [7, 11) is 1.81. The Morgan fingerprint density at radius 3 is 2.73 bits per heavy atom. The first-order valence-corrected chi connectivity index (χ1v) is 9.00. The molecule has 0 saturated heterocycles. The number of aryl methyl sites for hydroxylation is 1. The number of anilines is 2. The molecule has 5 nitrogen and oxygen atoms in total. The maximum absolute atomic E-state index is 12.2. The van der Waals surface area contributed by atoms with Gasteiger partial charge in [0.25, 0.3) is 0 Å². The summed E-state index contributed by atoms with van der Waals surface area (Å²) in [5.41, 5.74) is 2.90. The van der Waals surface area contributed by atoms with Crippen molar-refractivity contribution in [2.75, 3.05) is 23.9 Å². The standard InChI is InChI=1S/C21H24N2O3/c1-23(17-7-3-2-4-8-17)21(25)9-5-6-14-26-18-11-12-19-16(15-18)10-13-20(24)22-19/h2-4,7-8,11-12,15H,5-6,9-10,13-14H2,1H3,(H,22,24). The maximum Gasteiger partial charge on any atom is 0.226 e. The SMILES string of the molecule is CN(C(=O)CCCCOc1ccc2c(c1)CCC(=O)N2)c1ccccc1. The van der Waals surface area contributed by atoms with Gasteiger partial charge in [0, 0.05) is 31.3 Å². The normalized spacial score (nSPS) is 12.9. The van der Waals surface area contributed by atoms with E-state index in [9.17, 15) is 9.59 Å². The van der Waals surface area contributed by atoms with Crippen molar-refractivity contribution >= 4 is 23.2 Å². The number of unbranched alkanes of at least 4 members (excludes halogenated alkanes) is 1. The van der Waals surface area contributed by atoms with Gasteiger partial charge >= 0.3 is 0 Å². The van der Waals surface area contributed by atoms with E-state index < -0.39 is 0 Å². The molecule has 0 bridgehead atoms. The summed E-state index contributed by atoms with van der Waals surface area (Å²) in [6.07, 6.45) is 3.39. The minimum atomic E-state index is 0.0660. The van der Waals surface area contributed by atoms with Gasteiger partial charge in [0.2, 0.25) is 11.8 Å². The van der Waals surface area contributed by atoms with Gasteiger partial charge in [-0.15, -0.1) is 0 Å². The van der Waals surface area contributed by atoms with Gasteiger partial charge in [-0.2, -0.15) is 0 Å². The van der Waals surface area contributed by atoms with Crippen LogP contribution < -0.4 is 15.0 Å². The highest BCUT2D eigenvalue weighted by Gasteiger charge is 2.15. The molecule has 0 atom stereocenters. The fourth-order valence-corrected chi connectivity index (χ4v) is 2.98. The maximum atomic E-state index is 12.2. The molecule has 136 valence electrons. The van der Waals surface area contributed by atoms with E-state index in [-0.39, 0.29) is 11.8 Å². The average Bonchev–Trinajstić information content (AvgIpc) is 2.67. The molecule has 0 saturated carbocycles. The van der Waals surface area contributed by atoms with Crippen LogP contribution in [0.15, 0.2) is 48.5 Å². The molecule has 26 heavy (non-hydrogen) atoms. The number of hydrogen-bond acceptors (Lipinski definition) is 3. The van der Waals surface area contributed by atoms with Crippen LogP contribution in [0.1, 0.15) is 31.2 Å². The number of amides is 2. The summed E-state index contributed by atoms with van der Waals surface area (Å²) in [6, 6.07) is 15.4. The number of nitrogens with one attached hydrogen (secondary N) is 1. The largest absolute Gasteiger partial charge is 0.494 e. The highest BCUT2D eigenvalue weighted by molar-refractivity contribution is 5.94. The third kappa shape index (κ3) is 4.63. The first-order chi connectivity index (χ1) is 12.6. The number of para-hydroxylation sites is 1. The Morgan fingerprint density at radius 1 is 1.12 bits per heavy atom. The smallest absolute Gasteiger partial charge is 0.226 e. The molecule has 0 spiro atoms. The minimum Gasteiger partial charge on any atom is -0.494 e. The van der Waals surface area contributed by atoms with E-state index in [0.29, 0.717) is 19.4 Å². The molecule has 0 aliphatic carbocycles. The molecule has 2 aromatic carbocycles. The molecule has 0 unspecified atom stereocenters. The van der Waals surface area contributed by atoms with E-state index in [1.807, 2.05) is 48.5 Å². The molecule has 1 aliphatic heterocycles. The van der Waals surface area contributed by atoms with Gasteiger partial charge in [0.15, 0.2) is 0 Å². The lowest BCUT2D eigenvalue weighted by molar-refractivity contribution is -0.118. The molecule has 1 aliphatic rings. The van der Waals surface area contributed by atoms with Crippen molar-refractivity contribution < 1.29 is 14.3 Å². The Morgan fingerprint density at radius 2 is 1.92 bits per heavy atom. The Hall–Kier alpha value is -2.82. The highest BCUT2D eigenvalue weighted by Crippen LogP contribution is 2.26. The number of fused-ring (bicyclic) bond motifs is 1. The second-order valence-corrected chi connectivity index (χ2v) is 6.46. The molecule has 1 N–H and O–H groups in total. The summed E-state index contributed by atoms with van der Waals surface area (Å²) in [5.74, 6) is 0.990. The lowest BCUT2D eigenvalue weighted by atomic mass is 10.0. The average molecular weight is 352 g/mol. The molecular formula is C21H24N2O3. The number of carbonyl (C=O) groups excluding carboxylic acids is 2. The van der Waals surface area contributed by atoms with E-state index in [4.69, 9.17) is 4.74 Å². The summed E-state index contributed by atoms with van der Waals surface area (Å²) in [6.45, 7) is 0.577. The highest BCUT2D eigenvalue weighted by atomic mass is 16.5. The number of ether oxygens (including phenoxy) is 1. The quantitative estimate of drug-likeness (QED) is 0.772. The Kier molecular flexibility index (Phi) is 5.89. The summed E-state index contributed by atoms with van der Waals surface area (Å²) < 4.78 is 5.79. The fraction of sp³-hybridized carbons (Fsp3) is 0.333. The number of carbonyl (C=O) groups is 2. The van der Waals surface area contributed by atoms with Gasteiger partial charge in [-0.1, -0.05) is 18.2 Å². The predicted molar refractivity (Wildman–Crippen MR) is 103 cm³/mol. The molecule has 1 heterocycles. The molecule has 0 fully saturated rings. The van der Waals surface area contributed by atoms with Crippen LogP contribution in [0.25, 0.3) is 0 Å². The zero-order valence-electron chi connectivity index (χ0n) is 15.0. The van der Waals surface area contributed by atoms with E-state index in [0.717, 1.165) is 42.0 Å². The molecule has 2 aromatic rings. The number of rotatable bonds is 7. The van der Waals surface area contributed by atoms with Crippen molar-refractivity contribution in [1.82, 2.24) is 0 Å². The van der Waals surface area contributed by atoms with Gasteiger partial charge in [-0.05, 0) is 55.2 Å². The summed E-state index contributed by atoms with van der Waals surface area (Å²) in [4.78, 5) is 25.3. The Balaban J connectivity index is 1.39. The molecular weight excluding hydrogens is 328 g/mol. The Bertz CT molecular complexity index is 774. The lowest BCUT2D eigenvalue weighted by Crippen LogP contribution is -2.25. The Labute approximate surface area is 154 Å². The monoisotopic (exact) mass is 352 g/mol. The minimum absolute atomic E-state index is 0.0660. The summed E-state index contributed by atoms with van der Waals surface area (Å²) in [5, 5.41) is 2.86. The van der Waals surface area contributed by atoms with Crippen LogP contribution in [0.5, 0.6) is 5.75 Å². The van der Waals surface area contributed by atoms with Crippen molar-refractivity contribution in [2.45, 2.75) is 32.1 Å². The van der Waals surface area contributed by atoms with Gasteiger partial charge in [-0.25, -0.2) is 0 Å². The predicted octanol–water partition coefficient (Wildman–Crippen LogP) is 3.78. The van der Waals surface area contributed by atoms with Gasteiger partial charge in [-0.3, -0.25) is 9.59 Å². The second kappa shape index (κ2) is 8.52. The van der Waals surface area contributed by atoms with Crippen LogP contribution in [-0.2, 0) is 16.0 Å². The summed E-state index contributed by atoms with van der Waals surface area (Å²) >= 11 is 0. The van der Waals surface area contributed by atoms with Crippen molar-refractivity contribution in [2.24, 2.45) is 0 Å².